The maximum atomic E-state index is 13.3. The molecule has 2 aromatic rings. The van der Waals surface area contributed by atoms with E-state index in [0.29, 0.717) is 19.0 Å². The number of hydrogen-bond acceptors (Lipinski definition) is 3. The molecule has 0 amide bonds. The Morgan fingerprint density at radius 1 is 1.38 bits per heavy atom. The van der Waals surface area contributed by atoms with Crippen molar-refractivity contribution in [3.63, 3.8) is 0 Å². The van der Waals surface area contributed by atoms with Gasteiger partial charge in [0, 0.05) is 32.0 Å². The molecule has 3 rings (SSSR count). The summed E-state index contributed by atoms with van der Waals surface area (Å²) >= 11 is 0. The van der Waals surface area contributed by atoms with Crippen molar-refractivity contribution in [1.82, 2.24) is 9.78 Å². The molecule has 2 heterocycles. The van der Waals surface area contributed by atoms with Gasteiger partial charge >= 0.3 is 6.18 Å². The van der Waals surface area contributed by atoms with Gasteiger partial charge in [0.1, 0.15) is 0 Å². The first-order chi connectivity index (χ1) is 11.4. The molecule has 0 aliphatic carbocycles. The zero-order valence-electron chi connectivity index (χ0n) is 13.2. The predicted octanol–water partition coefficient (Wildman–Crippen LogP) is 3.38. The van der Waals surface area contributed by atoms with Crippen molar-refractivity contribution in [2.75, 3.05) is 18.0 Å². The van der Waals surface area contributed by atoms with E-state index in [9.17, 15) is 13.2 Å². The maximum absolute atomic E-state index is 13.3. The number of anilines is 1. The number of aromatic nitrogens is 2. The van der Waals surface area contributed by atoms with E-state index in [2.05, 4.69) is 5.10 Å². The highest BCUT2D eigenvalue weighted by Crippen LogP contribution is 2.39. The third-order valence-corrected chi connectivity index (χ3v) is 4.34. The fraction of sp³-hybridized carbons (Fsp3) is 0.412. The Hall–Kier alpha value is -2.49. The Morgan fingerprint density at radius 2 is 2.17 bits per heavy atom. The van der Waals surface area contributed by atoms with E-state index in [0.717, 1.165) is 24.5 Å². The van der Waals surface area contributed by atoms with Gasteiger partial charge in [-0.2, -0.15) is 23.5 Å². The summed E-state index contributed by atoms with van der Waals surface area (Å²) in [6.07, 6.45) is 0.912. The number of halogens is 3. The second kappa shape index (κ2) is 6.19. The SMILES string of the molecule is Cn1cc(CC2CCN(c3ccc(C#N)cc3C(F)(F)F)C2)cn1. The number of aryl methyl sites for hydroxylation is 1. The molecule has 0 saturated carbocycles. The summed E-state index contributed by atoms with van der Waals surface area (Å²) in [5.41, 5.74) is 0.552. The van der Waals surface area contributed by atoms with Gasteiger partial charge in [-0.05, 0) is 42.5 Å². The standard InChI is InChI=1S/C17H17F3N4/c1-23-10-14(9-22-23)6-13-4-5-24(11-13)16-3-2-12(8-21)7-15(16)17(18,19)20/h2-3,7,9-10,13H,4-6,11H2,1H3. The van der Waals surface area contributed by atoms with Crippen LogP contribution in [-0.2, 0) is 19.6 Å². The van der Waals surface area contributed by atoms with Crippen LogP contribution in [0.4, 0.5) is 18.9 Å². The highest BCUT2D eigenvalue weighted by molar-refractivity contribution is 5.58. The lowest BCUT2D eigenvalue weighted by Crippen LogP contribution is -2.24. The van der Waals surface area contributed by atoms with Crippen molar-refractivity contribution in [3.8, 4) is 6.07 Å². The topological polar surface area (TPSA) is 44.9 Å². The molecule has 1 fully saturated rings. The lowest BCUT2D eigenvalue weighted by atomic mass is 10.0. The third-order valence-electron chi connectivity index (χ3n) is 4.34. The molecule has 1 aromatic heterocycles. The first kappa shape index (κ1) is 16.4. The molecule has 1 aromatic carbocycles. The van der Waals surface area contributed by atoms with Crippen LogP contribution in [0.1, 0.15) is 23.1 Å². The second-order valence-corrected chi connectivity index (χ2v) is 6.17. The highest BCUT2D eigenvalue weighted by atomic mass is 19.4. The molecule has 1 atom stereocenters. The van der Waals surface area contributed by atoms with Gasteiger partial charge in [0.15, 0.2) is 0 Å². The zero-order valence-corrected chi connectivity index (χ0v) is 13.2. The first-order valence-corrected chi connectivity index (χ1v) is 7.70. The van der Waals surface area contributed by atoms with Crippen molar-refractivity contribution in [2.45, 2.75) is 19.0 Å². The smallest absolute Gasteiger partial charge is 0.371 e. The van der Waals surface area contributed by atoms with Crippen molar-refractivity contribution < 1.29 is 13.2 Å². The van der Waals surface area contributed by atoms with Crippen molar-refractivity contribution in [3.05, 3.63) is 47.3 Å². The molecule has 4 nitrogen and oxygen atoms in total. The largest absolute Gasteiger partial charge is 0.418 e. The summed E-state index contributed by atoms with van der Waals surface area (Å²) in [4.78, 5) is 1.77. The van der Waals surface area contributed by atoms with Crippen LogP contribution >= 0.6 is 0 Å². The molecule has 1 aliphatic heterocycles. The predicted molar refractivity (Wildman–Crippen MR) is 83.4 cm³/mol. The van der Waals surface area contributed by atoms with Crippen LogP contribution in [0.3, 0.4) is 0 Å². The summed E-state index contributed by atoms with van der Waals surface area (Å²) in [6.45, 7) is 1.16. The molecule has 24 heavy (non-hydrogen) atoms. The molecule has 1 unspecified atom stereocenters. The summed E-state index contributed by atoms with van der Waals surface area (Å²) in [7, 11) is 1.84. The molecule has 0 spiro atoms. The van der Waals surface area contributed by atoms with E-state index in [1.807, 2.05) is 13.2 Å². The van der Waals surface area contributed by atoms with Crippen molar-refractivity contribution >= 4 is 5.69 Å². The molecule has 1 saturated heterocycles. The summed E-state index contributed by atoms with van der Waals surface area (Å²) < 4.78 is 41.7. The lowest BCUT2D eigenvalue weighted by Gasteiger charge is -2.23. The van der Waals surface area contributed by atoms with E-state index < -0.39 is 11.7 Å². The van der Waals surface area contributed by atoms with Gasteiger partial charge in [-0.25, -0.2) is 0 Å². The average Bonchev–Trinajstić information content (AvgIpc) is 3.15. The van der Waals surface area contributed by atoms with Crippen LogP contribution in [0.25, 0.3) is 0 Å². The van der Waals surface area contributed by atoms with Crippen LogP contribution in [0.2, 0.25) is 0 Å². The van der Waals surface area contributed by atoms with Crippen molar-refractivity contribution in [2.24, 2.45) is 13.0 Å². The average molecular weight is 334 g/mol. The number of benzene rings is 1. The monoisotopic (exact) mass is 334 g/mol. The number of hydrogen-bond donors (Lipinski definition) is 0. The van der Waals surface area contributed by atoms with Gasteiger partial charge < -0.3 is 4.90 Å². The van der Waals surface area contributed by atoms with Crippen molar-refractivity contribution in [1.29, 1.82) is 5.26 Å². The fourth-order valence-electron chi connectivity index (χ4n) is 3.24. The van der Waals surface area contributed by atoms with Crippen LogP contribution in [0.5, 0.6) is 0 Å². The molecule has 7 heteroatoms. The summed E-state index contributed by atoms with van der Waals surface area (Å²) in [5.74, 6) is 0.297. The Labute approximate surface area is 138 Å². The van der Waals surface area contributed by atoms with Gasteiger partial charge in [0.25, 0.3) is 0 Å². The van der Waals surface area contributed by atoms with E-state index in [1.54, 1.807) is 21.8 Å². The first-order valence-electron chi connectivity index (χ1n) is 7.70. The molecule has 1 aliphatic rings. The fourth-order valence-corrected chi connectivity index (χ4v) is 3.24. The Bertz CT molecular complexity index is 773. The van der Waals surface area contributed by atoms with Crippen LogP contribution in [-0.4, -0.2) is 22.9 Å². The minimum absolute atomic E-state index is 0.0252. The van der Waals surface area contributed by atoms with Gasteiger partial charge in [-0.1, -0.05) is 0 Å². The number of nitrogens with zero attached hydrogens (tertiary/aromatic N) is 4. The molecule has 0 radical (unpaired) electrons. The minimum Gasteiger partial charge on any atom is -0.371 e. The highest BCUT2D eigenvalue weighted by Gasteiger charge is 2.36. The quantitative estimate of drug-likeness (QED) is 0.864. The van der Waals surface area contributed by atoms with Gasteiger partial charge in [0.05, 0.1) is 23.4 Å². The number of rotatable bonds is 3. The maximum Gasteiger partial charge on any atom is 0.418 e. The zero-order chi connectivity index (χ0) is 17.3. The van der Waals surface area contributed by atoms with Gasteiger partial charge in [-0.3, -0.25) is 4.68 Å². The van der Waals surface area contributed by atoms with E-state index in [1.165, 1.54) is 12.1 Å². The van der Waals surface area contributed by atoms with Crippen LogP contribution in [0.15, 0.2) is 30.6 Å². The van der Waals surface area contributed by atoms with E-state index in [4.69, 9.17) is 5.26 Å². The number of alkyl halides is 3. The molecular weight excluding hydrogens is 317 g/mol. The third kappa shape index (κ3) is 3.37. The second-order valence-electron chi connectivity index (χ2n) is 6.17. The van der Waals surface area contributed by atoms with E-state index >= 15 is 0 Å². The van der Waals surface area contributed by atoms with Gasteiger partial charge in [-0.15, -0.1) is 0 Å². The molecule has 126 valence electrons. The summed E-state index contributed by atoms with van der Waals surface area (Å²) in [5, 5.41) is 13.0. The molecule has 0 bridgehead atoms. The van der Waals surface area contributed by atoms with Crippen LogP contribution < -0.4 is 4.90 Å². The van der Waals surface area contributed by atoms with Crippen LogP contribution in [0, 0.1) is 17.2 Å². The lowest BCUT2D eigenvalue weighted by molar-refractivity contribution is -0.137. The Morgan fingerprint density at radius 3 is 2.79 bits per heavy atom. The molecular formula is C17H17F3N4. The molecule has 0 N–H and O–H groups in total. The minimum atomic E-state index is -4.47. The van der Waals surface area contributed by atoms with E-state index in [-0.39, 0.29) is 11.3 Å². The summed E-state index contributed by atoms with van der Waals surface area (Å²) in [6, 6.07) is 5.56. The Kier molecular flexibility index (Phi) is 4.22. The normalized spacial score (nSPS) is 18.0. The Balaban J connectivity index is 1.79. The van der Waals surface area contributed by atoms with Gasteiger partial charge in [0.2, 0.25) is 0 Å². The number of nitriles is 1.